The van der Waals surface area contributed by atoms with Crippen LogP contribution in [0.1, 0.15) is 59.9 Å². The lowest BCUT2D eigenvalue weighted by Crippen LogP contribution is -2.35. The molecule has 108 valence electrons. The van der Waals surface area contributed by atoms with E-state index < -0.39 is 5.97 Å². The van der Waals surface area contributed by atoms with Crippen molar-refractivity contribution in [2.24, 2.45) is 0 Å². The standard InChI is InChI=1S/C15H20N2O3/c1-2-3-5-12-6-4-9-17(12)14(18)11-7-8-16-13(10-11)15(19)20/h7-8,10,12H,2-6,9H2,1H3,(H,19,20)/t12-/m0/s1. The monoisotopic (exact) mass is 276 g/mol. The molecule has 1 aromatic rings. The highest BCUT2D eigenvalue weighted by Gasteiger charge is 2.29. The van der Waals surface area contributed by atoms with Crippen LogP contribution in [0.15, 0.2) is 18.3 Å². The summed E-state index contributed by atoms with van der Waals surface area (Å²) in [5, 5.41) is 8.94. The van der Waals surface area contributed by atoms with Crippen LogP contribution in [0.4, 0.5) is 0 Å². The van der Waals surface area contributed by atoms with Crippen LogP contribution >= 0.6 is 0 Å². The molecule has 0 radical (unpaired) electrons. The van der Waals surface area contributed by atoms with Crippen LogP contribution in [0.2, 0.25) is 0 Å². The summed E-state index contributed by atoms with van der Waals surface area (Å²) < 4.78 is 0. The van der Waals surface area contributed by atoms with Crippen LogP contribution in [0, 0.1) is 0 Å². The number of hydrogen-bond acceptors (Lipinski definition) is 3. The molecule has 1 amide bonds. The molecule has 1 aliphatic rings. The molecule has 2 rings (SSSR count). The Morgan fingerprint density at radius 2 is 2.30 bits per heavy atom. The molecule has 0 spiro atoms. The SMILES string of the molecule is CCCC[C@H]1CCCN1C(=O)c1ccnc(C(=O)O)c1. The maximum absolute atomic E-state index is 12.5. The van der Waals surface area contributed by atoms with Crippen LogP contribution in [0.3, 0.4) is 0 Å². The molecule has 5 nitrogen and oxygen atoms in total. The molecule has 1 saturated heterocycles. The Hall–Kier alpha value is -1.91. The van der Waals surface area contributed by atoms with Gasteiger partial charge in [0.2, 0.25) is 0 Å². The summed E-state index contributed by atoms with van der Waals surface area (Å²) in [5.74, 6) is -1.18. The number of pyridine rings is 1. The maximum Gasteiger partial charge on any atom is 0.354 e. The summed E-state index contributed by atoms with van der Waals surface area (Å²) in [5.41, 5.74) is 0.334. The van der Waals surface area contributed by atoms with Crippen LogP contribution in [-0.2, 0) is 0 Å². The van der Waals surface area contributed by atoms with Gasteiger partial charge in [-0.3, -0.25) is 4.79 Å². The zero-order chi connectivity index (χ0) is 14.5. The van der Waals surface area contributed by atoms with Gasteiger partial charge in [0.15, 0.2) is 0 Å². The highest BCUT2D eigenvalue weighted by molar-refractivity contribution is 5.96. The topological polar surface area (TPSA) is 70.5 Å². The number of aromatic carboxylic acids is 1. The van der Waals surface area contributed by atoms with E-state index in [2.05, 4.69) is 11.9 Å². The third kappa shape index (κ3) is 3.15. The van der Waals surface area contributed by atoms with E-state index in [1.54, 1.807) is 6.07 Å². The first kappa shape index (κ1) is 14.5. The number of carboxylic acids is 1. The summed E-state index contributed by atoms with van der Waals surface area (Å²) in [6.45, 7) is 2.90. The lowest BCUT2D eigenvalue weighted by molar-refractivity contribution is 0.0690. The first-order valence-electron chi connectivity index (χ1n) is 7.13. The van der Waals surface area contributed by atoms with Crippen molar-refractivity contribution >= 4 is 11.9 Å². The smallest absolute Gasteiger partial charge is 0.354 e. The molecule has 5 heteroatoms. The average molecular weight is 276 g/mol. The highest BCUT2D eigenvalue weighted by atomic mass is 16.4. The average Bonchev–Trinajstić information content (AvgIpc) is 2.92. The van der Waals surface area contributed by atoms with E-state index in [1.165, 1.54) is 12.3 Å². The van der Waals surface area contributed by atoms with Gasteiger partial charge < -0.3 is 10.0 Å². The molecule has 1 N–H and O–H groups in total. The Bertz CT molecular complexity index is 502. The van der Waals surface area contributed by atoms with E-state index in [-0.39, 0.29) is 11.6 Å². The number of rotatable bonds is 5. The molecule has 0 unspecified atom stereocenters. The third-order valence-corrected chi connectivity index (χ3v) is 3.75. The summed E-state index contributed by atoms with van der Waals surface area (Å²) >= 11 is 0. The number of carboxylic acid groups (broad SMARTS) is 1. The minimum atomic E-state index is -1.11. The molecule has 0 saturated carbocycles. The molecule has 0 aliphatic carbocycles. The summed E-state index contributed by atoms with van der Waals surface area (Å²) in [6.07, 6.45) is 6.72. The quantitative estimate of drug-likeness (QED) is 0.897. The predicted molar refractivity (Wildman–Crippen MR) is 74.8 cm³/mol. The molecule has 1 aliphatic heterocycles. The van der Waals surface area contributed by atoms with Gasteiger partial charge in [0.25, 0.3) is 5.91 Å². The van der Waals surface area contributed by atoms with Crippen molar-refractivity contribution in [1.82, 2.24) is 9.88 Å². The fourth-order valence-electron chi connectivity index (χ4n) is 2.69. The van der Waals surface area contributed by atoms with Crippen molar-refractivity contribution in [2.75, 3.05) is 6.54 Å². The number of likely N-dealkylation sites (tertiary alicyclic amines) is 1. The van der Waals surface area contributed by atoms with Crippen LogP contribution in [0.25, 0.3) is 0 Å². The molecule has 0 aromatic carbocycles. The van der Waals surface area contributed by atoms with Gasteiger partial charge in [0, 0.05) is 24.3 Å². The van der Waals surface area contributed by atoms with Crippen molar-refractivity contribution in [3.63, 3.8) is 0 Å². The number of carbonyl (C=O) groups excluding carboxylic acids is 1. The van der Waals surface area contributed by atoms with E-state index in [4.69, 9.17) is 5.11 Å². The van der Waals surface area contributed by atoms with Crippen LogP contribution in [0.5, 0.6) is 0 Å². The van der Waals surface area contributed by atoms with Gasteiger partial charge in [-0.05, 0) is 31.4 Å². The second kappa shape index (κ2) is 6.50. The van der Waals surface area contributed by atoms with E-state index in [9.17, 15) is 9.59 Å². The molecule has 1 aromatic heterocycles. The number of carbonyl (C=O) groups is 2. The minimum Gasteiger partial charge on any atom is -0.477 e. The van der Waals surface area contributed by atoms with Crippen molar-refractivity contribution in [1.29, 1.82) is 0 Å². The number of unbranched alkanes of at least 4 members (excludes halogenated alkanes) is 1. The molecule has 1 fully saturated rings. The first-order chi connectivity index (χ1) is 9.63. The second-order valence-corrected chi connectivity index (χ2v) is 5.17. The van der Waals surface area contributed by atoms with Crippen molar-refractivity contribution in [3.8, 4) is 0 Å². The summed E-state index contributed by atoms with van der Waals surface area (Å²) in [7, 11) is 0. The summed E-state index contributed by atoms with van der Waals surface area (Å²) in [6, 6.07) is 3.24. The van der Waals surface area contributed by atoms with E-state index >= 15 is 0 Å². The lowest BCUT2D eigenvalue weighted by atomic mass is 10.1. The van der Waals surface area contributed by atoms with Crippen molar-refractivity contribution in [3.05, 3.63) is 29.6 Å². The van der Waals surface area contributed by atoms with Gasteiger partial charge in [-0.1, -0.05) is 19.8 Å². The fourth-order valence-corrected chi connectivity index (χ4v) is 2.69. The molecule has 2 heterocycles. The second-order valence-electron chi connectivity index (χ2n) is 5.17. The Kier molecular flexibility index (Phi) is 4.71. The number of amides is 1. The van der Waals surface area contributed by atoms with E-state index in [1.807, 2.05) is 4.90 Å². The Morgan fingerprint density at radius 3 is 3.00 bits per heavy atom. The zero-order valence-electron chi connectivity index (χ0n) is 11.7. The largest absolute Gasteiger partial charge is 0.477 e. The van der Waals surface area contributed by atoms with Crippen molar-refractivity contribution in [2.45, 2.75) is 45.1 Å². The number of nitrogens with zero attached hydrogens (tertiary/aromatic N) is 2. The molecule has 0 bridgehead atoms. The van der Waals surface area contributed by atoms with Crippen molar-refractivity contribution < 1.29 is 14.7 Å². The summed E-state index contributed by atoms with van der Waals surface area (Å²) in [4.78, 5) is 29.0. The Balaban J connectivity index is 2.13. The number of aromatic nitrogens is 1. The molecule has 20 heavy (non-hydrogen) atoms. The molecular formula is C15H20N2O3. The van der Waals surface area contributed by atoms with E-state index in [0.29, 0.717) is 11.6 Å². The van der Waals surface area contributed by atoms with Gasteiger partial charge >= 0.3 is 5.97 Å². The number of hydrogen-bond donors (Lipinski definition) is 1. The van der Waals surface area contributed by atoms with Gasteiger partial charge in [-0.25, -0.2) is 9.78 Å². The third-order valence-electron chi connectivity index (χ3n) is 3.75. The zero-order valence-corrected chi connectivity index (χ0v) is 11.7. The maximum atomic E-state index is 12.5. The lowest BCUT2D eigenvalue weighted by Gasteiger charge is -2.24. The van der Waals surface area contributed by atoms with E-state index in [0.717, 1.165) is 38.6 Å². The van der Waals surface area contributed by atoms with Gasteiger partial charge in [-0.15, -0.1) is 0 Å². The molecular weight excluding hydrogens is 256 g/mol. The van der Waals surface area contributed by atoms with Crippen LogP contribution < -0.4 is 0 Å². The normalized spacial score (nSPS) is 18.2. The Morgan fingerprint density at radius 1 is 1.50 bits per heavy atom. The van der Waals surface area contributed by atoms with Gasteiger partial charge in [0.1, 0.15) is 5.69 Å². The highest BCUT2D eigenvalue weighted by Crippen LogP contribution is 2.24. The first-order valence-corrected chi connectivity index (χ1v) is 7.13. The van der Waals surface area contributed by atoms with Crippen LogP contribution in [-0.4, -0.2) is 39.5 Å². The minimum absolute atomic E-state index is 0.0755. The molecule has 1 atom stereocenters. The van der Waals surface area contributed by atoms with Gasteiger partial charge in [-0.2, -0.15) is 0 Å². The predicted octanol–water partition coefficient (Wildman–Crippen LogP) is 2.57. The Labute approximate surface area is 118 Å². The fraction of sp³-hybridized carbons (Fsp3) is 0.533. The van der Waals surface area contributed by atoms with Gasteiger partial charge in [0.05, 0.1) is 0 Å².